The third-order valence-electron chi connectivity index (χ3n) is 2.77. The Bertz CT molecular complexity index is 319. The van der Waals surface area contributed by atoms with E-state index in [9.17, 15) is 9.90 Å². The molecule has 2 atom stereocenters. The molecule has 132 valence electrons. The molecule has 0 radical (unpaired) electrons. The maximum atomic E-state index is 9.67. The second kappa shape index (κ2) is 24.6. The molecule has 0 amide bonds. The van der Waals surface area contributed by atoms with Crippen molar-refractivity contribution in [3.63, 3.8) is 0 Å². The van der Waals surface area contributed by atoms with Crippen LogP contribution in [0.2, 0.25) is 0 Å². The van der Waals surface area contributed by atoms with Gasteiger partial charge in [-0.15, -0.1) is 6.58 Å². The molecular formula is C20H40O2. The van der Waals surface area contributed by atoms with Crippen LogP contribution in [-0.2, 0) is 4.79 Å². The molecule has 2 heteroatoms. The Morgan fingerprint density at radius 3 is 1.55 bits per heavy atom. The van der Waals surface area contributed by atoms with Gasteiger partial charge < -0.3 is 5.11 Å². The highest BCUT2D eigenvalue weighted by Gasteiger charge is 2.10. The summed E-state index contributed by atoms with van der Waals surface area (Å²) >= 11 is 0. The summed E-state index contributed by atoms with van der Waals surface area (Å²) in [5, 5.41) is 9.45. The normalized spacial score (nSPS) is 13.1. The average Bonchev–Trinajstić information content (AvgIpc) is 2.52. The molecule has 1 N–H and O–H groups in total. The van der Waals surface area contributed by atoms with E-state index < -0.39 is 0 Å². The van der Waals surface area contributed by atoms with Crippen molar-refractivity contribution in [2.75, 3.05) is 0 Å². The van der Waals surface area contributed by atoms with Crippen molar-refractivity contribution in [2.45, 2.75) is 69.4 Å². The number of aliphatic hydroxyl groups is 1. The van der Waals surface area contributed by atoms with Gasteiger partial charge in [0.1, 0.15) is 6.29 Å². The zero-order valence-electron chi connectivity index (χ0n) is 14.2. The Hall–Kier alpha value is -1.41. The third-order valence-corrected chi connectivity index (χ3v) is 2.77. The van der Waals surface area contributed by atoms with Gasteiger partial charge >= 0.3 is 0 Å². The Morgan fingerprint density at radius 2 is 1.41 bits per heavy atom. The minimum absolute atomic E-state index is 0. The van der Waals surface area contributed by atoms with E-state index in [2.05, 4.69) is 6.58 Å². The van der Waals surface area contributed by atoms with E-state index in [0.717, 1.165) is 17.4 Å². The Labute approximate surface area is 140 Å². The number of hydrogen-bond acceptors (Lipinski definition) is 2. The van der Waals surface area contributed by atoms with Gasteiger partial charge in [0.05, 0.1) is 6.10 Å². The zero-order chi connectivity index (χ0) is 16.6. The highest BCUT2D eigenvalue weighted by molar-refractivity contribution is 5.71. The van der Waals surface area contributed by atoms with Crippen molar-refractivity contribution in [3.8, 4) is 0 Å². The van der Waals surface area contributed by atoms with Gasteiger partial charge in [0, 0.05) is 5.92 Å². The Kier molecular flexibility index (Phi) is 36.4. The first-order valence-corrected chi connectivity index (χ1v) is 6.94. The van der Waals surface area contributed by atoms with Gasteiger partial charge in [-0.05, 0) is 52.7 Å². The first-order chi connectivity index (χ1) is 9.35. The summed E-state index contributed by atoms with van der Waals surface area (Å²) in [6.45, 7) is 17.0. The van der Waals surface area contributed by atoms with E-state index in [1.54, 1.807) is 19.1 Å². The second-order valence-corrected chi connectivity index (χ2v) is 4.39. The number of hydrogen-bond donors (Lipinski definition) is 1. The van der Waals surface area contributed by atoms with Gasteiger partial charge in [-0.1, -0.05) is 52.2 Å². The van der Waals surface area contributed by atoms with E-state index >= 15 is 0 Å². The highest BCUT2D eigenvalue weighted by atomic mass is 16.3. The summed E-state index contributed by atoms with van der Waals surface area (Å²) in [5.74, 6) is 0.149. The van der Waals surface area contributed by atoms with Gasteiger partial charge in [0.15, 0.2) is 0 Å². The van der Waals surface area contributed by atoms with Gasteiger partial charge in [-0.2, -0.15) is 0 Å². The summed E-state index contributed by atoms with van der Waals surface area (Å²) in [7, 11) is 0. The number of allylic oxidation sites excluding steroid dienone is 5. The van der Waals surface area contributed by atoms with Crippen LogP contribution in [-0.4, -0.2) is 17.5 Å². The SMILES string of the molecule is C.C.C/C=C(\C)C=O.C/C=C/C.C=C[C@H](C)[C@H](O)/C(C)=C/C. The minimum atomic E-state index is -0.359. The molecule has 0 saturated carbocycles. The lowest BCUT2D eigenvalue weighted by molar-refractivity contribution is -0.104. The lowest BCUT2D eigenvalue weighted by Crippen LogP contribution is -2.16. The van der Waals surface area contributed by atoms with Crippen LogP contribution in [0, 0.1) is 5.92 Å². The molecule has 0 saturated heterocycles. The molecule has 0 bridgehead atoms. The standard InChI is InChI=1S/C9H16O.C5H8O.C4H8.2CH4/c1-5-7(3)9(10)8(4)6-2;1-3-5(2)4-6;1-3-4-2;;/h5-7,9-10H,1H2,2-4H3;3-4H,1-2H3;3-4H,1-2H3;2*1H4/b8-6+;5-3+;4-3+;;/t7-,9-;;;;/m0..../s1. The van der Waals surface area contributed by atoms with Crippen molar-refractivity contribution in [1.82, 2.24) is 0 Å². The topological polar surface area (TPSA) is 37.3 Å². The summed E-state index contributed by atoms with van der Waals surface area (Å²) in [6, 6.07) is 0. The third kappa shape index (κ3) is 23.7. The maximum absolute atomic E-state index is 9.67. The van der Waals surface area contributed by atoms with Crippen LogP contribution in [0.25, 0.3) is 0 Å². The Morgan fingerprint density at radius 1 is 1.00 bits per heavy atom. The fourth-order valence-corrected chi connectivity index (χ4v) is 0.782. The van der Waals surface area contributed by atoms with E-state index in [0.29, 0.717) is 0 Å². The van der Waals surface area contributed by atoms with Crippen molar-refractivity contribution < 1.29 is 9.90 Å². The van der Waals surface area contributed by atoms with Crippen LogP contribution in [0.1, 0.15) is 63.3 Å². The largest absolute Gasteiger partial charge is 0.388 e. The number of carbonyl (C=O) groups excluding carboxylic acids is 1. The lowest BCUT2D eigenvalue weighted by Gasteiger charge is -2.14. The molecule has 0 fully saturated rings. The Balaban J connectivity index is -0.0000000697. The van der Waals surface area contributed by atoms with Gasteiger partial charge in [-0.25, -0.2) is 0 Å². The summed E-state index contributed by atoms with van der Waals surface area (Å²) in [5.41, 5.74) is 1.79. The number of carbonyl (C=O) groups is 1. The van der Waals surface area contributed by atoms with Crippen molar-refractivity contribution >= 4 is 6.29 Å². The summed E-state index contributed by atoms with van der Waals surface area (Å²) in [4.78, 5) is 9.67. The lowest BCUT2D eigenvalue weighted by atomic mass is 9.99. The van der Waals surface area contributed by atoms with Crippen LogP contribution in [0.5, 0.6) is 0 Å². The molecule has 0 unspecified atom stereocenters. The maximum Gasteiger partial charge on any atom is 0.145 e. The molecule has 0 aliphatic rings. The van der Waals surface area contributed by atoms with Crippen LogP contribution < -0.4 is 0 Å². The smallest absolute Gasteiger partial charge is 0.145 e. The predicted octanol–water partition coefficient (Wildman–Crippen LogP) is 6.14. The number of aliphatic hydroxyl groups excluding tert-OH is 1. The molecule has 0 aliphatic carbocycles. The monoisotopic (exact) mass is 312 g/mol. The highest BCUT2D eigenvalue weighted by Crippen LogP contribution is 2.11. The van der Waals surface area contributed by atoms with Crippen LogP contribution in [0.4, 0.5) is 0 Å². The van der Waals surface area contributed by atoms with E-state index in [1.165, 1.54) is 0 Å². The molecule has 2 nitrogen and oxygen atoms in total. The predicted molar refractivity (Wildman–Crippen MR) is 104 cm³/mol. The van der Waals surface area contributed by atoms with Gasteiger partial charge in [-0.3, -0.25) is 4.79 Å². The molecule has 0 rings (SSSR count). The van der Waals surface area contributed by atoms with Crippen LogP contribution >= 0.6 is 0 Å². The van der Waals surface area contributed by atoms with Crippen LogP contribution in [0.3, 0.4) is 0 Å². The summed E-state index contributed by atoms with van der Waals surface area (Å²) < 4.78 is 0. The second-order valence-electron chi connectivity index (χ2n) is 4.39. The fraction of sp³-hybridized carbons (Fsp3) is 0.550. The average molecular weight is 313 g/mol. The van der Waals surface area contributed by atoms with Crippen molar-refractivity contribution in [2.24, 2.45) is 5.92 Å². The quantitative estimate of drug-likeness (QED) is 0.384. The molecule has 0 heterocycles. The van der Waals surface area contributed by atoms with Crippen molar-refractivity contribution in [3.05, 3.63) is 48.1 Å². The summed E-state index contributed by atoms with van der Waals surface area (Å²) in [6.07, 6.45) is 9.93. The molecule has 22 heavy (non-hydrogen) atoms. The first-order valence-electron chi connectivity index (χ1n) is 6.94. The van der Waals surface area contributed by atoms with Gasteiger partial charge in [0.25, 0.3) is 0 Å². The molecule has 0 aromatic carbocycles. The first kappa shape index (κ1) is 32.5. The molecule has 0 aromatic heterocycles. The molecule has 0 spiro atoms. The van der Waals surface area contributed by atoms with Crippen molar-refractivity contribution in [1.29, 1.82) is 0 Å². The van der Waals surface area contributed by atoms with E-state index in [1.807, 2.05) is 59.8 Å². The minimum Gasteiger partial charge on any atom is -0.388 e. The number of rotatable bonds is 4. The number of aldehydes is 1. The van der Waals surface area contributed by atoms with Crippen LogP contribution in [0.15, 0.2) is 48.1 Å². The molecule has 0 aromatic rings. The van der Waals surface area contributed by atoms with E-state index in [-0.39, 0.29) is 26.9 Å². The van der Waals surface area contributed by atoms with E-state index in [4.69, 9.17) is 0 Å². The van der Waals surface area contributed by atoms with Gasteiger partial charge in [0.2, 0.25) is 0 Å². The fourth-order valence-electron chi connectivity index (χ4n) is 0.782. The zero-order valence-corrected chi connectivity index (χ0v) is 14.2. The molecule has 0 aliphatic heterocycles. The molecular weight excluding hydrogens is 272 g/mol.